The molecule has 2 heterocycles. The fourth-order valence-corrected chi connectivity index (χ4v) is 2.13. The smallest absolute Gasteiger partial charge is 0.250 e. The molecule has 0 amide bonds. The number of nitrogens with zero attached hydrogens (tertiary/aromatic N) is 2. The zero-order chi connectivity index (χ0) is 12.7. The van der Waals surface area contributed by atoms with Gasteiger partial charge in [-0.2, -0.15) is 0 Å². The number of H-pyrrole nitrogens is 1. The van der Waals surface area contributed by atoms with Gasteiger partial charge in [-0.25, -0.2) is 4.98 Å². The zero-order valence-corrected chi connectivity index (χ0v) is 10.3. The summed E-state index contributed by atoms with van der Waals surface area (Å²) < 4.78 is 2.03. The number of benzene rings is 1. The Morgan fingerprint density at radius 2 is 2.06 bits per heavy atom. The summed E-state index contributed by atoms with van der Waals surface area (Å²) in [6, 6.07) is 9.84. The quantitative estimate of drug-likeness (QED) is 0.708. The minimum Gasteiger partial charge on any atom is -0.328 e. The van der Waals surface area contributed by atoms with E-state index in [0.29, 0.717) is 5.56 Å². The molecule has 0 spiro atoms. The summed E-state index contributed by atoms with van der Waals surface area (Å²) in [6.45, 7) is 1.80. The number of pyridine rings is 1. The highest BCUT2D eigenvalue weighted by molar-refractivity contribution is 5.80. The molecule has 0 atom stereocenters. The van der Waals surface area contributed by atoms with Crippen molar-refractivity contribution in [2.75, 3.05) is 0 Å². The average molecular weight is 239 g/mol. The normalized spacial score (nSPS) is 11.0. The van der Waals surface area contributed by atoms with Crippen molar-refractivity contribution in [2.24, 2.45) is 7.05 Å². The summed E-state index contributed by atoms with van der Waals surface area (Å²) in [4.78, 5) is 18.7. The van der Waals surface area contributed by atoms with Crippen LogP contribution in [0.4, 0.5) is 0 Å². The Hall–Kier alpha value is -2.36. The van der Waals surface area contributed by atoms with Crippen LogP contribution in [0.3, 0.4) is 0 Å². The lowest BCUT2D eigenvalue weighted by Crippen LogP contribution is -2.08. The summed E-state index contributed by atoms with van der Waals surface area (Å²) in [5, 5.41) is 0. The molecule has 90 valence electrons. The van der Waals surface area contributed by atoms with Crippen LogP contribution in [0.2, 0.25) is 0 Å². The van der Waals surface area contributed by atoms with E-state index in [1.165, 1.54) is 0 Å². The van der Waals surface area contributed by atoms with Crippen LogP contribution in [0.1, 0.15) is 5.56 Å². The summed E-state index contributed by atoms with van der Waals surface area (Å²) in [6.07, 6.45) is 1.70. The van der Waals surface area contributed by atoms with E-state index in [1.54, 1.807) is 13.1 Å². The lowest BCUT2D eigenvalue weighted by atomic mass is 10.2. The highest BCUT2D eigenvalue weighted by Crippen LogP contribution is 2.22. The first-order chi connectivity index (χ1) is 8.66. The highest BCUT2D eigenvalue weighted by Gasteiger charge is 2.09. The number of hydrogen-bond donors (Lipinski definition) is 1. The third kappa shape index (κ3) is 1.54. The first kappa shape index (κ1) is 10.8. The number of aryl methyl sites for hydroxylation is 2. The summed E-state index contributed by atoms with van der Waals surface area (Å²) in [5.41, 5.74) is 3.60. The van der Waals surface area contributed by atoms with Crippen molar-refractivity contribution >= 4 is 11.0 Å². The number of aromatic nitrogens is 3. The van der Waals surface area contributed by atoms with Gasteiger partial charge in [-0.05, 0) is 25.1 Å². The number of rotatable bonds is 1. The maximum Gasteiger partial charge on any atom is 0.250 e. The molecule has 4 nitrogen and oxygen atoms in total. The average Bonchev–Trinajstić information content (AvgIpc) is 2.71. The maximum absolute atomic E-state index is 11.4. The molecule has 0 aliphatic rings. The summed E-state index contributed by atoms with van der Waals surface area (Å²) in [7, 11) is 1.98. The molecule has 0 fully saturated rings. The Labute approximate surface area is 104 Å². The Morgan fingerprint density at radius 1 is 1.28 bits per heavy atom. The first-order valence-electron chi connectivity index (χ1n) is 5.78. The molecule has 1 aromatic carbocycles. The largest absolute Gasteiger partial charge is 0.328 e. The molecule has 0 aliphatic heterocycles. The van der Waals surface area contributed by atoms with Crippen LogP contribution in [-0.4, -0.2) is 14.5 Å². The number of imidazole rings is 1. The van der Waals surface area contributed by atoms with E-state index in [9.17, 15) is 4.79 Å². The third-order valence-corrected chi connectivity index (χ3v) is 3.13. The third-order valence-electron chi connectivity index (χ3n) is 3.13. The van der Waals surface area contributed by atoms with Gasteiger partial charge in [-0.1, -0.05) is 12.1 Å². The van der Waals surface area contributed by atoms with E-state index < -0.39 is 0 Å². The molecule has 3 rings (SSSR count). The van der Waals surface area contributed by atoms with Crippen molar-refractivity contribution < 1.29 is 0 Å². The topological polar surface area (TPSA) is 50.7 Å². The lowest BCUT2D eigenvalue weighted by Gasteiger charge is -2.02. The van der Waals surface area contributed by atoms with Crippen LogP contribution in [0, 0.1) is 6.92 Å². The highest BCUT2D eigenvalue weighted by atomic mass is 16.1. The first-order valence-corrected chi connectivity index (χ1v) is 5.78. The second-order valence-electron chi connectivity index (χ2n) is 4.38. The summed E-state index contributed by atoms with van der Waals surface area (Å²) in [5.74, 6) is 0.857. The molecule has 2 aromatic heterocycles. The van der Waals surface area contributed by atoms with Gasteiger partial charge in [0.15, 0.2) is 0 Å². The predicted molar refractivity (Wildman–Crippen MR) is 71.5 cm³/mol. The van der Waals surface area contributed by atoms with E-state index in [1.807, 2.05) is 41.9 Å². The van der Waals surface area contributed by atoms with E-state index in [4.69, 9.17) is 0 Å². The van der Waals surface area contributed by atoms with Crippen LogP contribution >= 0.6 is 0 Å². The monoisotopic (exact) mass is 239 g/mol. The van der Waals surface area contributed by atoms with E-state index in [2.05, 4.69) is 9.97 Å². The molecule has 0 bridgehead atoms. The van der Waals surface area contributed by atoms with Gasteiger partial charge in [0.2, 0.25) is 0 Å². The molecule has 4 heteroatoms. The van der Waals surface area contributed by atoms with Gasteiger partial charge in [-0.15, -0.1) is 0 Å². The van der Waals surface area contributed by atoms with E-state index in [-0.39, 0.29) is 5.56 Å². The van der Waals surface area contributed by atoms with Crippen LogP contribution in [0.15, 0.2) is 41.3 Å². The standard InChI is InChI=1S/C14H13N3O/c1-9-7-10(8-15-14(9)18)13-16-11-5-3-4-6-12(11)17(13)2/h3-8H,1-2H3,(H,15,18). The number of aromatic amines is 1. The zero-order valence-electron chi connectivity index (χ0n) is 10.3. The van der Waals surface area contributed by atoms with Gasteiger partial charge >= 0.3 is 0 Å². The van der Waals surface area contributed by atoms with E-state index >= 15 is 0 Å². The molecular weight excluding hydrogens is 226 g/mol. The van der Waals surface area contributed by atoms with Crippen LogP contribution in [0.25, 0.3) is 22.4 Å². The molecular formula is C14H13N3O. The number of nitrogens with one attached hydrogen (secondary N) is 1. The second kappa shape index (κ2) is 3.84. The van der Waals surface area contributed by atoms with Crippen molar-refractivity contribution in [1.29, 1.82) is 0 Å². The number of fused-ring (bicyclic) bond motifs is 1. The molecule has 3 aromatic rings. The van der Waals surface area contributed by atoms with Crippen molar-refractivity contribution in [3.05, 3.63) is 52.4 Å². The fourth-order valence-electron chi connectivity index (χ4n) is 2.13. The molecule has 1 N–H and O–H groups in total. The minimum absolute atomic E-state index is 0.0579. The Morgan fingerprint density at radius 3 is 2.78 bits per heavy atom. The second-order valence-corrected chi connectivity index (χ2v) is 4.38. The Bertz CT molecular complexity index is 783. The molecule has 18 heavy (non-hydrogen) atoms. The Kier molecular flexibility index (Phi) is 2.30. The van der Waals surface area contributed by atoms with Gasteiger partial charge in [0.05, 0.1) is 11.0 Å². The van der Waals surface area contributed by atoms with Crippen molar-refractivity contribution in [3.8, 4) is 11.4 Å². The van der Waals surface area contributed by atoms with Crippen LogP contribution in [-0.2, 0) is 7.05 Å². The molecule has 0 radical (unpaired) electrons. The number of para-hydroxylation sites is 2. The van der Waals surface area contributed by atoms with Crippen molar-refractivity contribution in [3.63, 3.8) is 0 Å². The van der Waals surface area contributed by atoms with Gasteiger partial charge in [0.1, 0.15) is 5.82 Å². The maximum atomic E-state index is 11.4. The minimum atomic E-state index is -0.0579. The number of hydrogen-bond acceptors (Lipinski definition) is 2. The fraction of sp³-hybridized carbons (Fsp3) is 0.143. The van der Waals surface area contributed by atoms with Gasteiger partial charge in [0.25, 0.3) is 5.56 Å². The van der Waals surface area contributed by atoms with E-state index in [0.717, 1.165) is 22.4 Å². The molecule has 0 aliphatic carbocycles. The van der Waals surface area contributed by atoms with Gasteiger partial charge in [-0.3, -0.25) is 4.79 Å². The Balaban J connectivity index is 2.28. The van der Waals surface area contributed by atoms with Gasteiger partial charge in [0, 0.05) is 24.4 Å². The molecule has 0 saturated heterocycles. The van der Waals surface area contributed by atoms with Crippen molar-refractivity contribution in [1.82, 2.24) is 14.5 Å². The van der Waals surface area contributed by atoms with Crippen molar-refractivity contribution in [2.45, 2.75) is 6.92 Å². The van der Waals surface area contributed by atoms with Gasteiger partial charge < -0.3 is 9.55 Å². The lowest BCUT2D eigenvalue weighted by molar-refractivity contribution is 0.955. The summed E-state index contributed by atoms with van der Waals surface area (Å²) >= 11 is 0. The SMILES string of the molecule is Cc1cc(-c2nc3ccccc3n2C)c[nH]c1=O. The molecule has 0 unspecified atom stereocenters. The molecule has 0 saturated carbocycles. The predicted octanol–water partition coefficient (Wildman–Crippen LogP) is 2.24. The van der Waals surface area contributed by atoms with Crippen LogP contribution in [0.5, 0.6) is 0 Å². The van der Waals surface area contributed by atoms with Crippen LogP contribution < -0.4 is 5.56 Å².